The number of rotatable bonds is 7. The second-order valence-corrected chi connectivity index (χ2v) is 6.06. The van der Waals surface area contributed by atoms with Crippen molar-refractivity contribution in [1.82, 2.24) is 5.32 Å². The number of hydrogen-bond acceptors (Lipinski definition) is 3. The van der Waals surface area contributed by atoms with Crippen LogP contribution in [0.4, 0.5) is 5.69 Å². The Bertz CT molecular complexity index is 421. The smallest absolute Gasteiger partial charge is 0.142 e. The zero-order chi connectivity index (χ0) is 15.1. The number of benzene rings is 1. The third kappa shape index (κ3) is 4.37. The van der Waals surface area contributed by atoms with Gasteiger partial charge in [0.1, 0.15) is 5.75 Å². The molecule has 0 bridgehead atoms. The van der Waals surface area contributed by atoms with Crippen LogP contribution >= 0.6 is 0 Å². The van der Waals surface area contributed by atoms with E-state index in [2.05, 4.69) is 55.3 Å². The number of nitrogens with zero attached hydrogens (tertiary/aromatic N) is 1. The fraction of sp³-hybridized carbons (Fsp3) is 0.667. The summed E-state index contributed by atoms with van der Waals surface area (Å²) in [5, 5.41) is 3.74. The first-order chi connectivity index (χ1) is 10.3. The van der Waals surface area contributed by atoms with Crippen LogP contribution in [0.1, 0.15) is 40.0 Å². The van der Waals surface area contributed by atoms with Gasteiger partial charge in [0.05, 0.1) is 12.3 Å². The first-order valence-corrected chi connectivity index (χ1v) is 8.46. The zero-order valence-electron chi connectivity index (χ0n) is 13.8. The van der Waals surface area contributed by atoms with E-state index in [9.17, 15) is 0 Å². The topological polar surface area (TPSA) is 24.5 Å². The van der Waals surface area contributed by atoms with Gasteiger partial charge in [0.15, 0.2) is 0 Å². The lowest BCUT2D eigenvalue weighted by Gasteiger charge is -2.32. The minimum absolute atomic E-state index is 0.543. The van der Waals surface area contributed by atoms with Gasteiger partial charge >= 0.3 is 0 Å². The fourth-order valence-corrected chi connectivity index (χ4v) is 2.89. The molecule has 0 radical (unpaired) electrons. The van der Waals surface area contributed by atoms with Crippen LogP contribution in [-0.2, 0) is 0 Å². The van der Waals surface area contributed by atoms with E-state index >= 15 is 0 Å². The predicted octanol–water partition coefficient (Wildman–Crippen LogP) is 3.69. The molecule has 3 heteroatoms. The number of nitrogens with one attached hydrogen (secondary N) is 1. The number of hydrogen-bond donors (Lipinski definition) is 1. The Hall–Kier alpha value is -1.22. The molecule has 0 aromatic heterocycles. The monoisotopic (exact) mass is 290 g/mol. The summed E-state index contributed by atoms with van der Waals surface area (Å²) in [6, 6.07) is 8.99. The lowest BCUT2D eigenvalue weighted by Crippen LogP contribution is -2.45. The first kappa shape index (κ1) is 16.2. The molecule has 2 unspecified atom stereocenters. The molecule has 1 aromatic carbocycles. The first-order valence-electron chi connectivity index (χ1n) is 8.46. The summed E-state index contributed by atoms with van der Waals surface area (Å²) >= 11 is 0. The van der Waals surface area contributed by atoms with Crippen molar-refractivity contribution in [3.05, 3.63) is 24.3 Å². The van der Waals surface area contributed by atoms with Gasteiger partial charge in [-0.25, -0.2) is 0 Å². The van der Waals surface area contributed by atoms with Crippen LogP contribution in [0.3, 0.4) is 0 Å². The van der Waals surface area contributed by atoms with Gasteiger partial charge in [-0.2, -0.15) is 0 Å². The van der Waals surface area contributed by atoms with Crippen molar-refractivity contribution in [3.63, 3.8) is 0 Å². The van der Waals surface area contributed by atoms with Crippen LogP contribution in [0.15, 0.2) is 24.3 Å². The molecule has 2 atom stereocenters. The summed E-state index contributed by atoms with van der Waals surface area (Å²) in [6.45, 7) is 10.9. The van der Waals surface area contributed by atoms with Gasteiger partial charge in [-0.15, -0.1) is 0 Å². The summed E-state index contributed by atoms with van der Waals surface area (Å²) in [6.07, 6.45) is 3.50. The highest BCUT2D eigenvalue weighted by Gasteiger charge is 2.22. The molecule has 3 nitrogen and oxygen atoms in total. The van der Waals surface area contributed by atoms with E-state index in [1.807, 2.05) is 0 Å². The van der Waals surface area contributed by atoms with Crippen LogP contribution in [0.2, 0.25) is 0 Å². The van der Waals surface area contributed by atoms with Crippen molar-refractivity contribution in [1.29, 1.82) is 0 Å². The van der Waals surface area contributed by atoms with Gasteiger partial charge in [0.25, 0.3) is 0 Å². The van der Waals surface area contributed by atoms with E-state index < -0.39 is 0 Å². The van der Waals surface area contributed by atoms with Crippen LogP contribution < -0.4 is 15.0 Å². The summed E-state index contributed by atoms with van der Waals surface area (Å²) in [7, 11) is 0. The molecule has 1 N–H and O–H groups in total. The highest BCUT2D eigenvalue weighted by molar-refractivity contribution is 5.59. The van der Waals surface area contributed by atoms with E-state index in [-0.39, 0.29) is 0 Å². The van der Waals surface area contributed by atoms with E-state index in [1.54, 1.807) is 0 Å². The maximum Gasteiger partial charge on any atom is 0.142 e. The van der Waals surface area contributed by atoms with Gasteiger partial charge in [0.2, 0.25) is 0 Å². The molecule has 1 heterocycles. The van der Waals surface area contributed by atoms with E-state index in [1.165, 1.54) is 18.5 Å². The molecule has 118 valence electrons. The second kappa shape index (κ2) is 8.28. The van der Waals surface area contributed by atoms with Gasteiger partial charge in [-0.3, -0.25) is 0 Å². The van der Waals surface area contributed by atoms with Gasteiger partial charge in [-0.1, -0.05) is 39.3 Å². The Morgan fingerprint density at radius 1 is 1.29 bits per heavy atom. The third-order valence-electron chi connectivity index (χ3n) is 4.44. The van der Waals surface area contributed by atoms with Crippen molar-refractivity contribution in [2.45, 2.75) is 46.1 Å². The molecule has 0 saturated heterocycles. The maximum absolute atomic E-state index is 5.87. The molecule has 0 fully saturated rings. The van der Waals surface area contributed by atoms with Crippen LogP contribution in [0, 0.1) is 5.92 Å². The average molecular weight is 290 g/mol. The van der Waals surface area contributed by atoms with E-state index in [4.69, 9.17) is 4.74 Å². The summed E-state index contributed by atoms with van der Waals surface area (Å²) in [5.74, 6) is 1.72. The quantitative estimate of drug-likeness (QED) is 0.829. The largest absolute Gasteiger partial charge is 0.491 e. The number of ether oxygens (including phenoxy) is 1. The summed E-state index contributed by atoms with van der Waals surface area (Å²) < 4.78 is 5.87. The van der Waals surface area contributed by atoms with Crippen molar-refractivity contribution in [3.8, 4) is 5.75 Å². The molecule has 0 spiro atoms. The molecular formula is C18H30N2O. The van der Waals surface area contributed by atoms with Crippen molar-refractivity contribution >= 4 is 5.69 Å². The minimum Gasteiger partial charge on any atom is -0.491 e. The van der Waals surface area contributed by atoms with Crippen LogP contribution in [0.25, 0.3) is 0 Å². The number of fused-ring (bicyclic) bond motifs is 1. The Morgan fingerprint density at radius 3 is 2.86 bits per heavy atom. The van der Waals surface area contributed by atoms with Crippen LogP contribution in [-0.4, -0.2) is 32.3 Å². The van der Waals surface area contributed by atoms with Crippen molar-refractivity contribution < 1.29 is 4.74 Å². The predicted molar refractivity (Wildman–Crippen MR) is 90.3 cm³/mol. The normalized spacial score (nSPS) is 17.6. The standard InChI is InChI=1S/C18H30N2O/c1-4-11-19-16(15(3)5-2)14-20-12-8-13-21-18-10-7-6-9-17(18)20/h6-7,9-10,15-16,19H,4-5,8,11-14H2,1-3H3. The van der Waals surface area contributed by atoms with E-state index in [0.29, 0.717) is 12.0 Å². The lowest BCUT2D eigenvalue weighted by atomic mass is 9.98. The maximum atomic E-state index is 5.87. The molecule has 0 aliphatic carbocycles. The molecule has 21 heavy (non-hydrogen) atoms. The Balaban J connectivity index is 2.11. The lowest BCUT2D eigenvalue weighted by molar-refractivity contribution is 0.321. The number of para-hydroxylation sites is 2. The second-order valence-electron chi connectivity index (χ2n) is 6.06. The summed E-state index contributed by atoms with van der Waals surface area (Å²) in [5.41, 5.74) is 1.25. The fourth-order valence-electron chi connectivity index (χ4n) is 2.89. The van der Waals surface area contributed by atoms with Gasteiger partial charge in [0, 0.05) is 19.1 Å². The molecule has 0 amide bonds. The van der Waals surface area contributed by atoms with Gasteiger partial charge < -0.3 is 15.0 Å². The van der Waals surface area contributed by atoms with Crippen molar-refractivity contribution in [2.75, 3.05) is 31.1 Å². The Labute approximate surface area is 129 Å². The minimum atomic E-state index is 0.543. The van der Waals surface area contributed by atoms with Crippen LogP contribution in [0.5, 0.6) is 5.75 Å². The zero-order valence-corrected chi connectivity index (χ0v) is 13.8. The molecule has 1 aliphatic rings. The molecular weight excluding hydrogens is 260 g/mol. The van der Waals surface area contributed by atoms with Crippen molar-refractivity contribution in [2.24, 2.45) is 5.92 Å². The summed E-state index contributed by atoms with van der Waals surface area (Å²) in [4.78, 5) is 2.50. The van der Waals surface area contributed by atoms with Gasteiger partial charge in [-0.05, 0) is 37.4 Å². The molecule has 1 aromatic rings. The SMILES string of the molecule is CCCNC(CN1CCCOc2ccccc21)C(C)CC. The molecule has 1 aliphatic heterocycles. The number of anilines is 1. The third-order valence-corrected chi connectivity index (χ3v) is 4.44. The molecule has 0 saturated carbocycles. The highest BCUT2D eigenvalue weighted by Crippen LogP contribution is 2.31. The van der Waals surface area contributed by atoms with E-state index in [0.717, 1.165) is 38.4 Å². The Kier molecular flexibility index (Phi) is 6.37. The highest BCUT2D eigenvalue weighted by atomic mass is 16.5. The Morgan fingerprint density at radius 2 is 2.10 bits per heavy atom. The average Bonchev–Trinajstić information content (AvgIpc) is 2.73. The molecule has 2 rings (SSSR count).